The van der Waals surface area contributed by atoms with Crippen LogP contribution in [-0.4, -0.2) is 50.2 Å². The number of carbonyl (C=O) groups is 1. The molecule has 2 atom stereocenters. The smallest absolute Gasteiger partial charge is 0.430 e. The van der Waals surface area contributed by atoms with Crippen molar-refractivity contribution in [1.29, 1.82) is 0 Å². The molecule has 1 heterocycles. The van der Waals surface area contributed by atoms with Crippen molar-refractivity contribution in [2.45, 2.75) is 82.5 Å². The van der Waals surface area contributed by atoms with E-state index < -0.39 is 76.2 Å². The Morgan fingerprint density at radius 3 is 1.86 bits per heavy atom. The van der Waals surface area contributed by atoms with E-state index in [1.807, 2.05) is 13.8 Å². The highest BCUT2D eigenvalue weighted by atomic mass is 19.4. The van der Waals surface area contributed by atoms with Crippen molar-refractivity contribution in [1.82, 2.24) is 4.90 Å². The van der Waals surface area contributed by atoms with E-state index in [1.165, 1.54) is 6.92 Å². The third-order valence-electron chi connectivity index (χ3n) is 8.90. The molecule has 5 nitrogen and oxygen atoms in total. The molecule has 1 fully saturated rings. The van der Waals surface area contributed by atoms with Crippen molar-refractivity contribution in [2.24, 2.45) is 5.41 Å². The zero-order valence-electron chi connectivity index (χ0n) is 26.6. The Hall–Kier alpha value is -3.63. The maximum Gasteiger partial charge on any atom is 0.430 e. The third-order valence-corrected chi connectivity index (χ3v) is 8.90. The molecule has 272 valence electrons. The molecule has 1 aliphatic heterocycles. The largest absolute Gasteiger partial charge is 0.496 e. The lowest BCUT2D eigenvalue weighted by Crippen LogP contribution is -2.55. The topological polar surface area (TPSA) is 48.0 Å². The first kappa shape index (κ1) is 38.2. The van der Waals surface area contributed by atoms with Gasteiger partial charge in [-0.15, -0.1) is 0 Å². The molecule has 2 aromatic carbocycles. The van der Waals surface area contributed by atoms with Gasteiger partial charge in [0.15, 0.2) is 0 Å². The molecule has 1 aliphatic carbocycles. The summed E-state index contributed by atoms with van der Waals surface area (Å²) in [6.45, 7) is 4.63. The van der Waals surface area contributed by atoms with E-state index >= 15 is 0 Å². The quantitative estimate of drug-likeness (QED) is 0.267. The summed E-state index contributed by atoms with van der Waals surface area (Å²) in [5, 5.41) is 0. The summed E-state index contributed by atoms with van der Waals surface area (Å²) in [6, 6.07) is 1.83. The monoisotopic (exact) mass is 721 g/mol. The zero-order valence-corrected chi connectivity index (χ0v) is 26.6. The van der Waals surface area contributed by atoms with Crippen molar-refractivity contribution >= 4 is 11.7 Å². The lowest BCUT2D eigenvalue weighted by atomic mass is 9.72. The minimum atomic E-state index is -5.95. The average molecular weight is 722 g/mol. The van der Waals surface area contributed by atoms with Gasteiger partial charge in [-0.05, 0) is 78.6 Å². The van der Waals surface area contributed by atoms with E-state index in [-0.39, 0.29) is 49.4 Å². The van der Waals surface area contributed by atoms with Gasteiger partial charge in [0.25, 0.3) is 5.60 Å². The normalized spacial score (nSPS) is 20.9. The molecule has 0 unspecified atom stereocenters. The lowest BCUT2D eigenvalue weighted by molar-refractivity contribution is -0.383. The van der Waals surface area contributed by atoms with Crippen LogP contribution in [0, 0.1) is 5.41 Å². The second kappa shape index (κ2) is 12.6. The Bertz CT molecular complexity index is 1560. The molecule has 0 radical (unpaired) electrons. The predicted octanol–water partition coefficient (Wildman–Crippen LogP) is 10.2. The van der Waals surface area contributed by atoms with Crippen LogP contribution >= 0.6 is 0 Å². The number of nitrogens with zero attached hydrogens (tertiary/aromatic N) is 1. The van der Waals surface area contributed by atoms with Crippen LogP contribution in [0.3, 0.4) is 0 Å². The van der Waals surface area contributed by atoms with Crippen LogP contribution < -0.4 is 4.74 Å². The molecule has 0 aromatic heterocycles. The SMILES string of the molecule is COc1ccc(C(OC)(C(F)(F)F)C(F)(F)F)cc1C1=C(CN2C(=O)O[C@H](c3cc(C(F)(F)F)cc(C(F)(F)F)c3)[C@@H]2C)CC(C)(C)CC1. The van der Waals surface area contributed by atoms with E-state index in [1.54, 1.807) is 0 Å². The van der Waals surface area contributed by atoms with Gasteiger partial charge in [-0.3, -0.25) is 4.90 Å². The number of benzene rings is 2. The summed E-state index contributed by atoms with van der Waals surface area (Å²) < 4.78 is 181. The van der Waals surface area contributed by atoms with Crippen molar-refractivity contribution in [3.63, 3.8) is 0 Å². The van der Waals surface area contributed by atoms with Crippen LogP contribution in [0.1, 0.15) is 74.0 Å². The molecule has 49 heavy (non-hydrogen) atoms. The summed E-state index contributed by atoms with van der Waals surface area (Å²) >= 11 is 0. The fourth-order valence-electron chi connectivity index (χ4n) is 6.40. The Balaban J connectivity index is 1.84. The van der Waals surface area contributed by atoms with Gasteiger partial charge in [-0.2, -0.15) is 52.7 Å². The fraction of sp³-hybridized carbons (Fsp3) is 0.531. The summed E-state index contributed by atoms with van der Waals surface area (Å²) in [5.41, 5.74) is -9.85. The zero-order chi connectivity index (χ0) is 37.1. The molecule has 17 heteroatoms. The van der Waals surface area contributed by atoms with Gasteiger partial charge < -0.3 is 14.2 Å². The molecule has 0 bridgehead atoms. The van der Waals surface area contributed by atoms with Crippen LogP contribution in [0.5, 0.6) is 5.75 Å². The van der Waals surface area contributed by atoms with Gasteiger partial charge in [0.2, 0.25) is 0 Å². The first-order valence-corrected chi connectivity index (χ1v) is 14.6. The Morgan fingerprint density at radius 1 is 0.837 bits per heavy atom. The molecule has 4 rings (SSSR count). The van der Waals surface area contributed by atoms with Gasteiger partial charge >= 0.3 is 30.8 Å². The van der Waals surface area contributed by atoms with E-state index in [0.717, 1.165) is 18.1 Å². The predicted molar refractivity (Wildman–Crippen MR) is 150 cm³/mol. The first-order valence-electron chi connectivity index (χ1n) is 14.6. The highest BCUT2D eigenvalue weighted by Crippen LogP contribution is 2.54. The number of amides is 1. The van der Waals surface area contributed by atoms with Gasteiger partial charge in [0.05, 0.1) is 24.3 Å². The van der Waals surface area contributed by atoms with Gasteiger partial charge in [-0.25, -0.2) is 4.79 Å². The minimum Gasteiger partial charge on any atom is -0.496 e. The summed E-state index contributed by atoms with van der Waals surface area (Å²) in [7, 11) is 1.43. The van der Waals surface area contributed by atoms with Crippen LogP contribution in [-0.2, 0) is 27.4 Å². The lowest BCUT2D eigenvalue weighted by Gasteiger charge is -2.38. The average Bonchev–Trinajstić information content (AvgIpc) is 3.23. The number of cyclic esters (lactones) is 1. The number of hydrogen-bond acceptors (Lipinski definition) is 4. The van der Waals surface area contributed by atoms with Crippen LogP contribution in [0.2, 0.25) is 0 Å². The molecule has 2 aromatic rings. The second-order valence-electron chi connectivity index (χ2n) is 12.7. The van der Waals surface area contributed by atoms with Crippen LogP contribution in [0.15, 0.2) is 42.0 Å². The Labute approximate surface area is 272 Å². The minimum absolute atomic E-state index is 0.0682. The number of carbonyl (C=O) groups excluding carboxylic acids is 1. The molecule has 1 amide bonds. The van der Waals surface area contributed by atoms with E-state index in [9.17, 15) is 57.5 Å². The highest BCUT2D eigenvalue weighted by molar-refractivity contribution is 5.77. The third kappa shape index (κ3) is 7.17. The van der Waals surface area contributed by atoms with Crippen molar-refractivity contribution in [3.05, 3.63) is 69.8 Å². The summed E-state index contributed by atoms with van der Waals surface area (Å²) in [6.07, 6.45) is -24.3. The van der Waals surface area contributed by atoms with E-state index in [4.69, 9.17) is 9.47 Å². The molecule has 2 aliphatic rings. The van der Waals surface area contributed by atoms with Crippen LogP contribution in [0.25, 0.3) is 5.57 Å². The van der Waals surface area contributed by atoms with E-state index in [2.05, 4.69) is 4.74 Å². The standard InChI is InChI=1S/C32H31F12NO4/c1-16-25(17-10-20(29(33,34)35)12-21(11-17)30(36,37)38)49-26(46)45(16)15-18-14-27(2,3)9-8-22(18)23-13-19(6-7-24(23)47-4)28(48-5,31(39,40)41)32(42,43)44/h6-7,10-13,16,25H,8-9,14-15H2,1-5H3/t16-,25-/m0/s1. The second-order valence-corrected chi connectivity index (χ2v) is 12.7. The number of methoxy groups -OCH3 is 2. The number of hydrogen-bond donors (Lipinski definition) is 0. The van der Waals surface area contributed by atoms with Gasteiger partial charge in [0, 0.05) is 24.8 Å². The maximum absolute atomic E-state index is 14.1. The van der Waals surface area contributed by atoms with Gasteiger partial charge in [-0.1, -0.05) is 19.9 Å². The van der Waals surface area contributed by atoms with Crippen molar-refractivity contribution < 1.29 is 71.7 Å². The van der Waals surface area contributed by atoms with Crippen molar-refractivity contribution in [2.75, 3.05) is 20.8 Å². The molecular weight excluding hydrogens is 690 g/mol. The number of rotatable bonds is 7. The molecule has 1 saturated heterocycles. The molecule has 0 spiro atoms. The highest BCUT2D eigenvalue weighted by Gasteiger charge is 2.73. The van der Waals surface area contributed by atoms with E-state index in [0.29, 0.717) is 36.3 Å². The van der Waals surface area contributed by atoms with Gasteiger partial charge in [0.1, 0.15) is 11.9 Å². The number of alkyl halides is 12. The van der Waals surface area contributed by atoms with Crippen LogP contribution in [0.4, 0.5) is 57.5 Å². The summed E-state index contributed by atoms with van der Waals surface area (Å²) in [5.74, 6) is -0.0936. The number of ether oxygens (including phenoxy) is 3. The maximum atomic E-state index is 14.1. The number of allylic oxidation sites excluding steroid dienone is 1. The Kier molecular flexibility index (Phi) is 9.82. The molecule has 0 N–H and O–H groups in total. The number of halogens is 12. The Morgan fingerprint density at radius 2 is 1.39 bits per heavy atom. The fourth-order valence-corrected chi connectivity index (χ4v) is 6.40. The van der Waals surface area contributed by atoms with Crippen molar-refractivity contribution in [3.8, 4) is 5.75 Å². The summed E-state index contributed by atoms with van der Waals surface area (Å²) in [4.78, 5) is 14.2. The molecule has 0 saturated carbocycles. The first-order chi connectivity index (χ1) is 22.3. The molecular formula is C32H31F12NO4.